The molecule has 6 N–H and O–H groups in total. The standard InChI is InChI=1S/C26H42N8O3/c27-12-7-13-29-24-32-25(34-26(33-24)31-20-21-8-3-1-4-9-21)30-15-17-37-19-18-36-16-14-28-23(35)22-10-5-2-6-11-22/h2,5-6,10-11,21H,1,3-4,7-9,12-20,27H2,(H,28,35)(H3,29,30,31,32,33,34). The minimum Gasteiger partial charge on any atom is -0.377 e. The van der Waals surface area contributed by atoms with E-state index in [0.717, 1.165) is 13.0 Å². The number of nitrogens with two attached hydrogens (primary N) is 1. The summed E-state index contributed by atoms with van der Waals surface area (Å²) in [6.07, 6.45) is 7.31. The minimum absolute atomic E-state index is 0.102. The zero-order chi connectivity index (χ0) is 26.0. The zero-order valence-electron chi connectivity index (χ0n) is 21.7. The van der Waals surface area contributed by atoms with Gasteiger partial charge in [0.1, 0.15) is 0 Å². The molecule has 1 aliphatic carbocycles. The van der Waals surface area contributed by atoms with Crippen LogP contribution in [0.15, 0.2) is 30.3 Å². The van der Waals surface area contributed by atoms with E-state index >= 15 is 0 Å². The Hall–Kier alpha value is -3.02. The van der Waals surface area contributed by atoms with Crippen molar-refractivity contribution in [1.29, 1.82) is 0 Å². The number of nitrogens with one attached hydrogen (secondary N) is 4. The Morgan fingerprint density at radius 2 is 1.43 bits per heavy atom. The van der Waals surface area contributed by atoms with Crippen LogP contribution in [0.4, 0.5) is 17.8 Å². The Kier molecular flexibility index (Phi) is 13.5. The fourth-order valence-corrected chi connectivity index (χ4v) is 4.03. The number of nitrogens with zero attached hydrogens (tertiary/aromatic N) is 3. The summed E-state index contributed by atoms with van der Waals surface area (Å²) >= 11 is 0. The van der Waals surface area contributed by atoms with E-state index < -0.39 is 0 Å². The van der Waals surface area contributed by atoms with Gasteiger partial charge in [-0.2, -0.15) is 15.0 Å². The summed E-state index contributed by atoms with van der Waals surface area (Å²) < 4.78 is 11.1. The molecule has 0 aliphatic heterocycles. The second-order valence-corrected chi connectivity index (χ2v) is 9.03. The fraction of sp³-hybridized carbons (Fsp3) is 0.615. The number of amides is 1. The van der Waals surface area contributed by atoms with Gasteiger partial charge in [-0.3, -0.25) is 4.79 Å². The number of benzene rings is 1. The first-order chi connectivity index (χ1) is 18.2. The number of rotatable bonds is 18. The van der Waals surface area contributed by atoms with Crippen LogP contribution in [0.5, 0.6) is 0 Å². The van der Waals surface area contributed by atoms with E-state index in [0.29, 0.717) is 81.9 Å². The highest BCUT2D eigenvalue weighted by Crippen LogP contribution is 2.23. The van der Waals surface area contributed by atoms with Gasteiger partial charge in [0.25, 0.3) is 5.91 Å². The normalized spacial score (nSPS) is 13.8. The van der Waals surface area contributed by atoms with Crippen LogP contribution in [-0.4, -0.2) is 80.0 Å². The molecule has 1 aliphatic rings. The molecule has 3 rings (SSSR count). The van der Waals surface area contributed by atoms with E-state index in [1.54, 1.807) is 12.1 Å². The first-order valence-electron chi connectivity index (χ1n) is 13.4. The quantitative estimate of drug-likeness (QED) is 0.188. The lowest BCUT2D eigenvalue weighted by Crippen LogP contribution is -2.27. The SMILES string of the molecule is NCCCNc1nc(NCCOCCOCCNC(=O)c2ccccc2)nc(NCC2CCCCC2)n1. The lowest BCUT2D eigenvalue weighted by Gasteiger charge is -2.21. The second kappa shape index (κ2) is 17.4. The smallest absolute Gasteiger partial charge is 0.251 e. The van der Waals surface area contributed by atoms with Crippen molar-refractivity contribution in [2.75, 3.05) is 75.1 Å². The van der Waals surface area contributed by atoms with E-state index in [1.165, 1.54) is 32.1 Å². The van der Waals surface area contributed by atoms with Crippen LogP contribution < -0.4 is 27.0 Å². The van der Waals surface area contributed by atoms with Crippen molar-refractivity contribution in [3.8, 4) is 0 Å². The molecule has 37 heavy (non-hydrogen) atoms. The Bertz CT molecular complexity index is 897. The maximum atomic E-state index is 12.0. The summed E-state index contributed by atoms with van der Waals surface area (Å²) in [5.74, 6) is 2.18. The van der Waals surface area contributed by atoms with Crippen molar-refractivity contribution in [1.82, 2.24) is 20.3 Å². The monoisotopic (exact) mass is 514 g/mol. The zero-order valence-corrected chi connectivity index (χ0v) is 21.7. The van der Waals surface area contributed by atoms with Crippen LogP contribution in [0.2, 0.25) is 0 Å². The summed E-state index contributed by atoms with van der Waals surface area (Å²) in [5, 5.41) is 12.7. The molecule has 204 valence electrons. The van der Waals surface area contributed by atoms with Crippen LogP contribution in [0.1, 0.15) is 48.9 Å². The average Bonchev–Trinajstić information content (AvgIpc) is 2.94. The molecular weight excluding hydrogens is 472 g/mol. The van der Waals surface area contributed by atoms with Gasteiger partial charge < -0.3 is 36.5 Å². The molecule has 11 heteroatoms. The predicted molar refractivity (Wildman–Crippen MR) is 146 cm³/mol. The Morgan fingerprint density at radius 1 is 0.811 bits per heavy atom. The molecule has 1 saturated carbocycles. The topological polar surface area (TPSA) is 148 Å². The molecule has 0 atom stereocenters. The number of ether oxygens (including phenoxy) is 2. The summed E-state index contributed by atoms with van der Waals surface area (Å²) in [7, 11) is 0. The summed E-state index contributed by atoms with van der Waals surface area (Å²) in [4.78, 5) is 25.5. The molecule has 0 saturated heterocycles. The van der Waals surface area contributed by atoms with Gasteiger partial charge in [-0.1, -0.05) is 37.5 Å². The molecular formula is C26H42N8O3. The van der Waals surface area contributed by atoms with E-state index in [4.69, 9.17) is 15.2 Å². The van der Waals surface area contributed by atoms with E-state index in [1.807, 2.05) is 18.2 Å². The Labute approximate surface area is 219 Å². The lowest BCUT2D eigenvalue weighted by atomic mass is 9.89. The van der Waals surface area contributed by atoms with Crippen molar-refractivity contribution >= 4 is 23.8 Å². The Balaban J connectivity index is 1.29. The summed E-state index contributed by atoms with van der Waals surface area (Å²) in [5.41, 5.74) is 6.24. The molecule has 1 amide bonds. The van der Waals surface area contributed by atoms with E-state index in [-0.39, 0.29) is 5.91 Å². The third kappa shape index (κ3) is 11.7. The summed E-state index contributed by atoms with van der Waals surface area (Å²) in [6.45, 7) is 5.05. The number of anilines is 3. The maximum Gasteiger partial charge on any atom is 0.251 e. The number of aromatic nitrogens is 3. The van der Waals surface area contributed by atoms with Crippen molar-refractivity contribution in [2.45, 2.75) is 38.5 Å². The largest absolute Gasteiger partial charge is 0.377 e. The van der Waals surface area contributed by atoms with Crippen molar-refractivity contribution in [3.05, 3.63) is 35.9 Å². The van der Waals surface area contributed by atoms with E-state index in [2.05, 4.69) is 36.2 Å². The third-order valence-electron chi connectivity index (χ3n) is 6.04. The lowest BCUT2D eigenvalue weighted by molar-refractivity contribution is 0.0519. The van der Waals surface area contributed by atoms with Crippen LogP contribution in [0, 0.1) is 5.92 Å². The van der Waals surface area contributed by atoms with Gasteiger partial charge in [-0.05, 0) is 43.9 Å². The molecule has 11 nitrogen and oxygen atoms in total. The molecule has 1 aromatic carbocycles. The fourth-order valence-electron chi connectivity index (χ4n) is 4.03. The number of carbonyl (C=O) groups excluding carboxylic acids is 1. The second-order valence-electron chi connectivity index (χ2n) is 9.03. The molecule has 2 aromatic rings. The molecule has 1 fully saturated rings. The average molecular weight is 515 g/mol. The highest BCUT2D eigenvalue weighted by Gasteiger charge is 2.14. The molecule has 0 bridgehead atoms. The highest BCUT2D eigenvalue weighted by atomic mass is 16.5. The van der Waals surface area contributed by atoms with Gasteiger partial charge in [0.15, 0.2) is 0 Å². The molecule has 1 heterocycles. The van der Waals surface area contributed by atoms with Gasteiger partial charge in [0.05, 0.1) is 26.4 Å². The first-order valence-corrected chi connectivity index (χ1v) is 13.4. The Morgan fingerprint density at radius 3 is 2.11 bits per heavy atom. The van der Waals surface area contributed by atoms with Crippen LogP contribution >= 0.6 is 0 Å². The van der Waals surface area contributed by atoms with Crippen molar-refractivity contribution < 1.29 is 14.3 Å². The third-order valence-corrected chi connectivity index (χ3v) is 6.04. The predicted octanol–water partition coefficient (Wildman–Crippen LogP) is 2.50. The van der Waals surface area contributed by atoms with E-state index in [9.17, 15) is 4.79 Å². The molecule has 0 unspecified atom stereocenters. The van der Waals surface area contributed by atoms with Gasteiger partial charge >= 0.3 is 0 Å². The van der Waals surface area contributed by atoms with Gasteiger partial charge in [-0.15, -0.1) is 0 Å². The van der Waals surface area contributed by atoms with Crippen molar-refractivity contribution in [3.63, 3.8) is 0 Å². The van der Waals surface area contributed by atoms with Crippen LogP contribution in [-0.2, 0) is 9.47 Å². The van der Waals surface area contributed by atoms with Crippen molar-refractivity contribution in [2.24, 2.45) is 11.7 Å². The molecule has 1 aromatic heterocycles. The number of hydrogen-bond donors (Lipinski definition) is 5. The summed E-state index contributed by atoms with van der Waals surface area (Å²) in [6, 6.07) is 9.12. The first kappa shape index (κ1) is 28.5. The van der Waals surface area contributed by atoms with Crippen LogP contribution in [0.3, 0.4) is 0 Å². The molecule has 0 radical (unpaired) electrons. The number of carbonyl (C=O) groups is 1. The van der Waals surface area contributed by atoms with Crippen LogP contribution in [0.25, 0.3) is 0 Å². The number of hydrogen-bond acceptors (Lipinski definition) is 10. The van der Waals surface area contributed by atoms with Gasteiger partial charge in [0.2, 0.25) is 17.8 Å². The minimum atomic E-state index is -0.102. The molecule has 0 spiro atoms. The van der Waals surface area contributed by atoms with Gasteiger partial charge in [0, 0.05) is 31.7 Å². The van der Waals surface area contributed by atoms with Gasteiger partial charge in [-0.25, -0.2) is 0 Å². The highest BCUT2D eigenvalue weighted by molar-refractivity contribution is 5.94. The maximum absolute atomic E-state index is 12.0.